The van der Waals surface area contributed by atoms with Crippen LogP contribution in [-0.2, 0) is 13.1 Å². The Morgan fingerprint density at radius 3 is 2.50 bits per heavy atom. The monoisotopic (exact) mass is 390 g/mol. The Hall–Kier alpha value is -1.62. The molecule has 0 amide bonds. The summed E-state index contributed by atoms with van der Waals surface area (Å²) in [6, 6.07) is 6.22. The van der Waals surface area contributed by atoms with Crippen molar-refractivity contribution < 1.29 is 13.5 Å². The first-order valence-electron chi connectivity index (χ1n) is 10.8. The summed E-state index contributed by atoms with van der Waals surface area (Å²) >= 11 is 0. The van der Waals surface area contributed by atoms with Crippen LogP contribution in [0.15, 0.2) is 24.4 Å². The van der Waals surface area contributed by atoms with Crippen LogP contribution in [-0.4, -0.2) is 35.6 Å². The van der Waals surface area contributed by atoms with Gasteiger partial charge in [0.25, 0.3) is 5.92 Å². The van der Waals surface area contributed by atoms with Crippen LogP contribution in [0.4, 0.5) is 8.78 Å². The van der Waals surface area contributed by atoms with Crippen LogP contribution in [0.3, 0.4) is 0 Å². The molecule has 2 heterocycles. The molecule has 3 nitrogen and oxygen atoms in total. The van der Waals surface area contributed by atoms with Gasteiger partial charge < -0.3 is 9.30 Å². The van der Waals surface area contributed by atoms with Crippen LogP contribution in [0.25, 0.3) is 10.9 Å². The standard InChI is InChI=1S/C23H32F2N2O/c1-3-4-5-6-7-8-11-27-14-17(19-10-9-18(28-2)12-22(19)27)13-26-15-20-21(16-26)23(20,24)25/h9-10,12,14,20-21H,3-8,11,13,15-16H2,1-2H3. The number of rotatable bonds is 10. The van der Waals surface area contributed by atoms with Crippen LogP contribution in [0.2, 0.25) is 0 Å². The fraction of sp³-hybridized carbons (Fsp3) is 0.652. The highest BCUT2D eigenvalue weighted by molar-refractivity contribution is 5.85. The molecule has 2 fully saturated rings. The van der Waals surface area contributed by atoms with E-state index in [0.717, 1.165) is 18.8 Å². The van der Waals surface area contributed by atoms with Crippen molar-refractivity contribution in [3.05, 3.63) is 30.0 Å². The average Bonchev–Trinajstić information content (AvgIpc) is 3.04. The third kappa shape index (κ3) is 3.78. The lowest BCUT2D eigenvalue weighted by Gasteiger charge is -2.18. The quantitative estimate of drug-likeness (QED) is 0.484. The van der Waals surface area contributed by atoms with Gasteiger partial charge in [-0.25, -0.2) is 8.78 Å². The van der Waals surface area contributed by atoms with Crippen LogP contribution in [0.1, 0.15) is 51.0 Å². The van der Waals surface area contributed by atoms with Crippen molar-refractivity contribution in [2.45, 2.75) is 64.5 Å². The number of nitrogens with zero attached hydrogens (tertiary/aromatic N) is 2. The lowest BCUT2D eigenvalue weighted by Crippen LogP contribution is -2.27. The van der Waals surface area contributed by atoms with Crippen LogP contribution in [0.5, 0.6) is 5.75 Å². The summed E-state index contributed by atoms with van der Waals surface area (Å²) in [4.78, 5) is 2.20. The fourth-order valence-electron chi connectivity index (χ4n) is 4.81. The number of aryl methyl sites for hydroxylation is 1. The van der Waals surface area contributed by atoms with Crippen molar-refractivity contribution in [2.24, 2.45) is 11.8 Å². The minimum absolute atomic E-state index is 0.413. The van der Waals surface area contributed by atoms with E-state index in [0.29, 0.717) is 13.1 Å². The van der Waals surface area contributed by atoms with E-state index in [1.54, 1.807) is 7.11 Å². The zero-order valence-electron chi connectivity index (χ0n) is 17.1. The summed E-state index contributed by atoms with van der Waals surface area (Å²) in [5.74, 6) is -2.37. The topological polar surface area (TPSA) is 17.4 Å². The second-order valence-corrected chi connectivity index (χ2v) is 8.58. The Labute approximate surface area is 166 Å². The van der Waals surface area contributed by atoms with Crippen molar-refractivity contribution in [3.63, 3.8) is 0 Å². The molecule has 1 aromatic heterocycles. The second kappa shape index (κ2) is 8.02. The van der Waals surface area contributed by atoms with E-state index >= 15 is 0 Å². The molecule has 0 N–H and O–H groups in total. The number of piperidine rings is 1. The number of unbranched alkanes of at least 4 members (excludes halogenated alkanes) is 5. The van der Waals surface area contributed by atoms with E-state index in [1.807, 2.05) is 6.07 Å². The van der Waals surface area contributed by atoms with E-state index in [9.17, 15) is 8.78 Å². The highest BCUT2D eigenvalue weighted by atomic mass is 19.3. The highest BCUT2D eigenvalue weighted by Crippen LogP contribution is 2.59. The first-order chi connectivity index (χ1) is 13.5. The smallest absolute Gasteiger partial charge is 0.257 e. The molecule has 2 aromatic rings. The number of benzene rings is 1. The van der Waals surface area contributed by atoms with E-state index < -0.39 is 17.8 Å². The molecule has 2 aliphatic rings. The van der Waals surface area contributed by atoms with Gasteiger partial charge in [-0.3, -0.25) is 4.90 Å². The lowest BCUT2D eigenvalue weighted by molar-refractivity contribution is 0.0519. The van der Waals surface area contributed by atoms with Crippen molar-refractivity contribution >= 4 is 10.9 Å². The molecule has 1 saturated heterocycles. The zero-order valence-corrected chi connectivity index (χ0v) is 17.1. The average molecular weight is 391 g/mol. The van der Waals surface area contributed by atoms with Gasteiger partial charge in [0, 0.05) is 55.7 Å². The molecular formula is C23H32F2N2O. The van der Waals surface area contributed by atoms with Gasteiger partial charge in [0.2, 0.25) is 0 Å². The fourth-order valence-corrected chi connectivity index (χ4v) is 4.81. The molecule has 1 saturated carbocycles. The number of ether oxygens (including phenoxy) is 1. The third-order valence-corrected chi connectivity index (χ3v) is 6.59. The molecule has 1 aliphatic heterocycles. The number of fused-ring (bicyclic) bond motifs is 2. The van der Waals surface area contributed by atoms with Crippen molar-refractivity contribution in [1.82, 2.24) is 9.47 Å². The molecule has 2 unspecified atom stereocenters. The van der Waals surface area contributed by atoms with Gasteiger partial charge >= 0.3 is 0 Å². The van der Waals surface area contributed by atoms with Crippen LogP contribution >= 0.6 is 0 Å². The first-order valence-corrected chi connectivity index (χ1v) is 10.8. The largest absolute Gasteiger partial charge is 0.497 e. The van der Waals surface area contributed by atoms with Crippen molar-refractivity contribution in [3.8, 4) is 5.75 Å². The molecule has 1 aliphatic carbocycles. The molecule has 4 rings (SSSR count). The predicted molar refractivity (Wildman–Crippen MR) is 109 cm³/mol. The Balaban J connectivity index is 1.44. The van der Waals surface area contributed by atoms with Gasteiger partial charge in [-0.1, -0.05) is 39.0 Å². The molecular weight excluding hydrogens is 358 g/mol. The second-order valence-electron chi connectivity index (χ2n) is 8.58. The summed E-state index contributed by atoms with van der Waals surface area (Å²) < 4.78 is 34.8. The number of halogens is 2. The van der Waals surface area contributed by atoms with E-state index in [-0.39, 0.29) is 0 Å². The molecule has 5 heteroatoms. The molecule has 154 valence electrons. The lowest BCUT2D eigenvalue weighted by atomic mass is 10.1. The van der Waals surface area contributed by atoms with E-state index in [2.05, 4.69) is 34.7 Å². The number of likely N-dealkylation sites (tertiary alicyclic amines) is 1. The van der Waals surface area contributed by atoms with E-state index in [1.165, 1.54) is 55.0 Å². The normalized spacial score (nSPS) is 23.3. The van der Waals surface area contributed by atoms with Gasteiger partial charge in [-0.2, -0.15) is 0 Å². The van der Waals surface area contributed by atoms with Gasteiger partial charge in [0.05, 0.1) is 12.6 Å². The van der Waals surface area contributed by atoms with Crippen LogP contribution < -0.4 is 4.74 Å². The Kier molecular flexibility index (Phi) is 5.64. The molecule has 0 bridgehead atoms. The number of methoxy groups -OCH3 is 1. The summed E-state index contributed by atoms with van der Waals surface area (Å²) in [6.45, 7) is 5.05. The SMILES string of the molecule is CCCCCCCCn1cc(CN2CC3C(C2)C3(F)F)c2ccc(OC)cc21. The van der Waals surface area contributed by atoms with Gasteiger partial charge in [0.15, 0.2) is 0 Å². The minimum atomic E-state index is -2.41. The maximum Gasteiger partial charge on any atom is 0.257 e. The molecule has 0 spiro atoms. The third-order valence-electron chi connectivity index (χ3n) is 6.59. The summed E-state index contributed by atoms with van der Waals surface area (Å²) in [5.41, 5.74) is 2.44. The predicted octanol–water partition coefficient (Wildman–Crippen LogP) is 5.71. The van der Waals surface area contributed by atoms with Gasteiger partial charge in [-0.15, -0.1) is 0 Å². The molecule has 2 atom stereocenters. The maximum atomic E-state index is 13.5. The first kappa shape index (κ1) is 19.7. The molecule has 0 radical (unpaired) electrons. The number of alkyl halides is 2. The minimum Gasteiger partial charge on any atom is -0.497 e. The maximum absolute atomic E-state index is 13.5. The Bertz CT molecular complexity index is 802. The molecule has 1 aromatic carbocycles. The van der Waals surface area contributed by atoms with Gasteiger partial charge in [-0.05, 0) is 24.1 Å². The molecule has 28 heavy (non-hydrogen) atoms. The summed E-state index contributed by atoms with van der Waals surface area (Å²) in [6.07, 6.45) is 9.88. The number of aromatic nitrogens is 1. The van der Waals surface area contributed by atoms with Crippen molar-refractivity contribution in [1.29, 1.82) is 0 Å². The zero-order chi connectivity index (χ0) is 19.7. The van der Waals surface area contributed by atoms with E-state index in [4.69, 9.17) is 4.74 Å². The number of hydrogen-bond donors (Lipinski definition) is 0. The van der Waals surface area contributed by atoms with Gasteiger partial charge in [0.1, 0.15) is 5.75 Å². The highest BCUT2D eigenvalue weighted by Gasteiger charge is 2.71. The Morgan fingerprint density at radius 1 is 1.07 bits per heavy atom. The summed E-state index contributed by atoms with van der Waals surface area (Å²) in [5, 5.41) is 1.22. The summed E-state index contributed by atoms with van der Waals surface area (Å²) in [7, 11) is 1.69. The Morgan fingerprint density at radius 2 is 1.79 bits per heavy atom. The van der Waals surface area contributed by atoms with Crippen molar-refractivity contribution in [2.75, 3.05) is 20.2 Å². The number of hydrogen-bond acceptors (Lipinski definition) is 2. The van der Waals surface area contributed by atoms with Crippen LogP contribution in [0, 0.1) is 11.8 Å².